The Morgan fingerprint density at radius 2 is 1.76 bits per heavy atom. The van der Waals surface area contributed by atoms with E-state index in [0.717, 1.165) is 22.2 Å². The highest BCUT2D eigenvalue weighted by Crippen LogP contribution is 2.25. The molecular formula is C23H21ClN4O. The minimum Gasteiger partial charge on any atom is -0.341 e. The highest BCUT2D eigenvalue weighted by molar-refractivity contribution is 6.30. The Morgan fingerprint density at radius 3 is 2.48 bits per heavy atom. The molecule has 0 fully saturated rings. The molecule has 0 saturated carbocycles. The van der Waals surface area contributed by atoms with Crippen molar-refractivity contribution in [2.45, 2.75) is 25.9 Å². The van der Waals surface area contributed by atoms with Gasteiger partial charge in [0.15, 0.2) is 5.65 Å². The van der Waals surface area contributed by atoms with Crippen LogP contribution in [-0.4, -0.2) is 20.7 Å². The molecule has 4 rings (SSSR count). The molecule has 5 nitrogen and oxygen atoms in total. The summed E-state index contributed by atoms with van der Waals surface area (Å²) in [7, 11) is 0. The van der Waals surface area contributed by atoms with Crippen LogP contribution >= 0.6 is 11.6 Å². The van der Waals surface area contributed by atoms with Crippen molar-refractivity contribution in [3.63, 3.8) is 0 Å². The van der Waals surface area contributed by atoms with Crippen molar-refractivity contribution in [1.29, 1.82) is 0 Å². The molecule has 146 valence electrons. The van der Waals surface area contributed by atoms with Crippen LogP contribution in [0.4, 0.5) is 0 Å². The van der Waals surface area contributed by atoms with E-state index < -0.39 is 0 Å². The first-order valence-electron chi connectivity index (χ1n) is 9.47. The molecule has 1 unspecified atom stereocenters. The molecule has 2 heterocycles. The van der Waals surface area contributed by atoms with Gasteiger partial charge in [-0.25, -0.2) is 9.67 Å². The molecular weight excluding hydrogens is 384 g/mol. The second kappa shape index (κ2) is 8.05. The first-order valence-corrected chi connectivity index (χ1v) is 9.85. The number of carbonyl (C=O) groups excluding carboxylic acids is 1. The van der Waals surface area contributed by atoms with Crippen LogP contribution in [0.15, 0.2) is 73.1 Å². The van der Waals surface area contributed by atoms with Crippen molar-refractivity contribution in [2.75, 3.05) is 0 Å². The molecule has 1 N–H and O–H groups in total. The zero-order valence-electron chi connectivity index (χ0n) is 16.2. The highest BCUT2D eigenvalue weighted by atomic mass is 35.5. The fourth-order valence-corrected chi connectivity index (χ4v) is 3.55. The number of aromatic nitrogens is 3. The Labute approximate surface area is 174 Å². The molecule has 0 aliphatic heterocycles. The van der Waals surface area contributed by atoms with Crippen LogP contribution in [0.1, 0.15) is 47.4 Å². The van der Waals surface area contributed by atoms with E-state index in [1.807, 2.05) is 79.2 Å². The zero-order valence-corrected chi connectivity index (χ0v) is 17.0. The van der Waals surface area contributed by atoms with E-state index in [9.17, 15) is 4.79 Å². The summed E-state index contributed by atoms with van der Waals surface area (Å²) in [5.74, 6) is -0.203. The maximum atomic E-state index is 13.1. The number of nitrogens with one attached hydrogen (secondary N) is 1. The van der Waals surface area contributed by atoms with E-state index in [2.05, 4.69) is 15.4 Å². The Hall–Kier alpha value is -3.18. The predicted molar refractivity (Wildman–Crippen MR) is 115 cm³/mol. The number of hydrogen-bond donors (Lipinski definition) is 1. The average molecular weight is 405 g/mol. The van der Waals surface area contributed by atoms with E-state index in [-0.39, 0.29) is 18.0 Å². The third-order valence-electron chi connectivity index (χ3n) is 4.78. The molecule has 4 aromatic rings. The van der Waals surface area contributed by atoms with Crippen LogP contribution in [0, 0.1) is 0 Å². The summed E-state index contributed by atoms with van der Waals surface area (Å²) in [6.07, 6.45) is 3.34. The molecule has 1 amide bonds. The van der Waals surface area contributed by atoms with Gasteiger partial charge in [-0.3, -0.25) is 4.79 Å². The van der Waals surface area contributed by atoms with Gasteiger partial charge in [-0.15, -0.1) is 0 Å². The van der Waals surface area contributed by atoms with Crippen LogP contribution < -0.4 is 5.32 Å². The van der Waals surface area contributed by atoms with Gasteiger partial charge in [0, 0.05) is 22.6 Å². The van der Waals surface area contributed by atoms with Gasteiger partial charge in [0.25, 0.3) is 5.91 Å². The Kier molecular flexibility index (Phi) is 5.32. The Bertz CT molecular complexity index is 1150. The summed E-state index contributed by atoms with van der Waals surface area (Å²) in [5.41, 5.74) is 3.15. The van der Waals surface area contributed by atoms with E-state index in [1.54, 1.807) is 12.4 Å². The number of hydrogen-bond acceptors (Lipinski definition) is 3. The summed E-state index contributed by atoms with van der Waals surface area (Å²) in [6, 6.07) is 19.0. The molecule has 6 heteroatoms. The predicted octanol–water partition coefficient (Wildman–Crippen LogP) is 5.19. The third kappa shape index (κ3) is 4.00. The molecule has 0 bridgehead atoms. The van der Waals surface area contributed by atoms with Crippen molar-refractivity contribution in [3.05, 3.63) is 94.8 Å². The lowest BCUT2D eigenvalue weighted by Crippen LogP contribution is -2.29. The van der Waals surface area contributed by atoms with Crippen LogP contribution in [0.25, 0.3) is 11.0 Å². The molecule has 2 aromatic heterocycles. The highest BCUT2D eigenvalue weighted by Gasteiger charge is 2.19. The molecule has 0 aliphatic carbocycles. The molecule has 1 atom stereocenters. The molecule has 29 heavy (non-hydrogen) atoms. The largest absolute Gasteiger partial charge is 0.341 e. The van der Waals surface area contributed by atoms with E-state index >= 15 is 0 Å². The lowest BCUT2D eigenvalue weighted by Gasteiger charge is -2.20. The first kappa shape index (κ1) is 19.2. The summed E-state index contributed by atoms with van der Waals surface area (Å²) in [6.45, 7) is 4.09. The normalized spacial score (nSPS) is 12.3. The van der Waals surface area contributed by atoms with Gasteiger partial charge in [0.05, 0.1) is 17.8 Å². The van der Waals surface area contributed by atoms with Crippen LogP contribution in [0.5, 0.6) is 0 Å². The second-order valence-electron chi connectivity index (χ2n) is 7.19. The summed E-state index contributed by atoms with van der Waals surface area (Å²) < 4.78 is 1.84. The Morgan fingerprint density at radius 1 is 1.00 bits per heavy atom. The fourth-order valence-electron chi connectivity index (χ4n) is 3.35. The van der Waals surface area contributed by atoms with Crippen molar-refractivity contribution < 1.29 is 4.79 Å². The van der Waals surface area contributed by atoms with Gasteiger partial charge < -0.3 is 5.32 Å². The number of rotatable bonds is 5. The lowest BCUT2D eigenvalue weighted by molar-refractivity contribution is 0.0943. The number of benzene rings is 2. The molecule has 0 spiro atoms. The molecule has 0 aliphatic rings. The summed E-state index contributed by atoms with van der Waals surface area (Å²) in [4.78, 5) is 17.5. The monoisotopic (exact) mass is 404 g/mol. The average Bonchev–Trinajstić information content (AvgIpc) is 3.16. The number of fused-ring (bicyclic) bond motifs is 1. The fraction of sp³-hybridized carbons (Fsp3) is 0.174. The standard InChI is InChI=1S/C23H21ClN4O/c1-15(2)28-22-18(14-26-28)11-19(13-25-22)23(29)27-21(16-7-4-3-5-8-16)17-9-6-10-20(24)12-17/h3-15,21H,1-2H3,(H,27,29). The lowest BCUT2D eigenvalue weighted by atomic mass is 9.98. The SMILES string of the molecule is CC(C)n1ncc2cc(C(=O)NC(c3ccccc3)c3cccc(Cl)c3)cnc21. The van der Waals surface area contributed by atoms with E-state index in [1.165, 1.54) is 0 Å². The van der Waals surface area contributed by atoms with Crippen molar-refractivity contribution in [3.8, 4) is 0 Å². The van der Waals surface area contributed by atoms with Crippen molar-refractivity contribution in [2.24, 2.45) is 0 Å². The molecule has 0 radical (unpaired) electrons. The number of amides is 1. The van der Waals surface area contributed by atoms with E-state index in [0.29, 0.717) is 10.6 Å². The molecule has 0 saturated heterocycles. The number of carbonyl (C=O) groups is 1. The number of halogens is 1. The smallest absolute Gasteiger partial charge is 0.253 e. The maximum absolute atomic E-state index is 13.1. The molecule has 2 aromatic carbocycles. The first-order chi connectivity index (χ1) is 14.0. The summed E-state index contributed by atoms with van der Waals surface area (Å²) >= 11 is 6.19. The van der Waals surface area contributed by atoms with Gasteiger partial charge in [0.1, 0.15) is 0 Å². The minimum atomic E-state index is -0.323. The van der Waals surface area contributed by atoms with Gasteiger partial charge in [-0.1, -0.05) is 54.1 Å². The van der Waals surface area contributed by atoms with Crippen molar-refractivity contribution >= 4 is 28.5 Å². The quantitative estimate of drug-likeness (QED) is 0.498. The third-order valence-corrected chi connectivity index (χ3v) is 5.01. The van der Waals surface area contributed by atoms with Gasteiger partial charge in [-0.2, -0.15) is 5.10 Å². The number of pyridine rings is 1. The second-order valence-corrected chi connectivity index (χ2v) is 7.63. The Balaban J connectivity index is 1.67. The van der Waals surface area contributed by atoms with Gasteiger partial charge >= 0.3 is 0 Å². The zero-order chi connectivity index (χ0) is 20.4. The maximum Gasteiger partial charge on any atom is 0.253 e. The minimum absolute atomic E-state index is 0.199. The topological polar surface area (TPSA) is 59.8 Å². The van der Waals surface area contributed by atoms with Crippen LogP contribution in [-0.2, 0) is 0 Å². The van der Waals surface area contributed by atoms with Crippen LogP contribution in [0.3, 0.4) is 0 Å². The van der Waals surface area contributed by atoms with Crippen LogP contribution in [0.2, 0.25) is 5.02 Å². The number of nitrogens with zero attached hydrogens (tertiary/aromatic N) is 3. The van der Waals surface area contributed by atoms with Gasteiger partial charge in [0.2, 0.25) is 0 Å². The van der Waals surface area contributed by atoms with Crippen molar-refractivity contribution in [1.82, 2.24) is 20.1 Å². The summed E-state index contributed by atoms with van der Waals surface area (Å²) in [5, 5.41) is 8.96. The van der Waals surface area contributed by atoms with E-state index in [4.69, 9.17) is 11.6 Å². The van der Waals surface area contributed by atoms with Gasteiger partial charge in [-0.05, 0) is 43.2 Å².